The maximum absolute atomic E-state index is 12.4. The zero-order valence-electron chi connectivity index (χ0n) is 14.8. The van der Waals surface area contributed by atoms with Crippen LogP contribution in [0.15, 0.2) is 12.1 Å². The summed E-state index contributed by atoms with van der Waals surface area (Å²) in [4.78, 5) is 25.7. The average molecular weight is 353 g/mol. The van der Waals surface area contributed by atoms with Crippen molar-refractivity contribution in [2.75, 3.05) is 6.54 Å². The topological polar surface area (TPSA) is 75.6 Å². The molecule has 0 aromatic carbocycles. The Morgan fingerprint density at radius 1 is 1.38 bits per heavy atom. The Morgan fingerprint density at radius 2 is 2.00 bits per heavy atom. The van der Waals surface area contributed by atoms with Crippen LogP contribution in [0.2, 0.25) is 0 Å². The van der Waals surface area contributed by atoms with Gasteiger partial charge in [0.05, 0.1) is 6.10 Å². The van der Waals surface area contributed by atoms with Crippen LogP contribution >= 0.6 is 11.3 Å². The third kappa shape index (κ3) is 4.16. The molecule has 1 aliphatic carbocycles. The first kappa shape index (κ1) is 18.9. The number of hydrogen-bond donors (Lipinski definition) is 2. The lowest BCUT2D eigenvalue weighted by Gasteiger charge is -2.31. The Hall–Kier alpha value is -1.40. The third-order valence-electron chi connectivity index (χ3n) is 4.65. The zero-order valence-corrected chi connectivity index (χ0v) is 15.7. The highest BCUT2D eigenvalue weighted by Crippen LogP contribution is 2.44. The number of ether oxygens (including phenoxy) is 1. The molecule has 0 unspecified atom stereocenters. The van der Waals surface area contributed by atoms with Crippen molar-refractivity contribution < 1.29 is 19.4 Å². The smallest absolute Gasteiger partial charge is 0.303 e. The molecule has 24 heavy (non-hydrogen) atoms. The first-order chi connectivity index (χ1) is 11.2. The molecule has 1 aliphatic rings. The van der Waals surface area contributed by atoms with E-state index in [1.54, 1.807) is 32.1 Å². The van der Waals surface area contributed by atoms with E-state index in [-0.39, 0.29) is 11.3 Å². The fourth-order valence-electron chi connectivity index (χ4n) is 3.29. The number of amides is 1. The summed E-state index contributed by atoms with van der Waals surface area (Å²) in [5.74, 6) is -0.748. The summed E-state index contributed by atoms with van der Waals surface area (Å²) in [6, 6.07) is 4.04. The van der Waals surface area contributed by atoms with Gasteiger partial charge >= 0.3 is 5.97 Å². The van der Waals surface area contributed by atoms with Gasteiger partial charge in [0.2, 0.25) is 0 Å². The minimum atomic E-state index is -1.17. The van der Waals surface area contributed by atoms with E-state index in [1.165, 1.54) is 11.8 Å². The van der Waals surface area contributed by atoms with E-state index in [9.17, 15) is 14.7 Å². The molecule has 0 saturated heterocycles. The molecule has 0 radical (unpaired) electrons. The number of rotatable bonds is 6. The van der Waals surface area contributed by atoms with E-state index in [0.717, 1.165) is 30.6 Å². The van der Waals surface area contributed by atoms with Crippen molar-refractivity contribution in [2.45, 2.75) is 70.5 Å². The van der Waals surface area contributed by atoms with E-state index >= 15 is 0 Å². The van der Waals surface area contributed by atoms with Crippen molar-refractivity contribution in [1.82, 2.24) is 5.32 Å². The number of aliphatic hydroxyl groups excluding tert-OH is 1. The number of aliphatic hydroxyl groups is 1. The minimum Gasteiger partial charge on any atom is -0.450 e. The van der Waals surface area contributed by atoms with Gasteiger partial charge in [0, 0.05) is 28.6 Å². The molecule has 1 heterocycles. The summed E-state index contributed by atoms with van der Waals surface area (Å²) in [7, 11) is 0. The van der Waals surface area contributed by atoms with Gasteiger partial charge in [-0.3, -0.25) is 9.59 Å². The lowest BCUT2D eigenvalue weighted by Crippen LogP contribution is -2.49. The van der Waals surface area contributed by atoms with E-state index in [4.69, 9.17) is 4.74 Å². The van der Waals surface area contributed by atoms with E-state index in [1.807, 2.05) is 6.07 Å². The molecule has 2 N–H and O–H groups in total. The second-order valence-corrected chi connectivity index (χ2v) is 8.27. The highest BCUT2D eigenvalue weighted by molar-refractivity contribution is 7.12. The van der Waals surface area contributed by atoms with Crippen LogP contribution in [-0.4, -0.2) is 29.1 Å². The van der Waals surface area contributed by atoms with Crippen molar-refractivity contribution in [3.63, 3.8) is 0 Å². The van der Waals surface area contributed by atoms with Crippen molar-refractivity contribution in [3.05, 3.63) is 21.9 Å². The Balaban J connectivity index is 2.11. The SMILES string of the molecule is CC(=O)OC(C)(C)C(=O)NCC1(c2ccc([C@@H](C)O)s2)CCCC1. The van der Waals surface area contributed by atoms with Crippen LogP contribution < -0.4 is 5.32 Å². The summed E-state index contributed by atoms with van der Waals surface area (Å²) >= 11 is 1.62. The number of thiophene rings is 1. The van der Waals surface area contributed by atoms with Crippen LogP contribution in [0, 0.1) is 0 Å². The van der Waals surface area contributed by atoms with Gasteiger partial charge in [0.25, 0.3) is 5.91 Å². The molecule has 1 atom stereocenters. The Kier molecular flexibility index (Phi) is 5.71. The van der Waals surface area contributed by atoms with Gasteiger partial charge in [-0.1, -0.05) is 12.8 Å². The molecule has 6 heteroatoms. The van der Waals surface area contributed by atoms with Gasteiger partial charge in [-0.15, -0.1) is 11.3 Å². The standard InChI is InChI=1S/C18H27NO4S/c1-12(20)14-7-8-15(24-14)18(9-5-6-10-18)11-19-16(22)17(3,4)23-13(2)21/h7-8,12,20H,5-6,9-11H2,1-4H3,(H,19,22)/t12-/m1/s1. The van der Waals surface area contributed by atoms with Gasteiger partial charge in [0.15, 0.2) is 5.60 Å². The predicted molar refractivity (Wildman–Crippen MR) is 94.0 cm³/mol. The number of hydrogen-bond acceptors (Lipinski definition) is 5. The van der Waals surface area contributed by atoms with Gasteiger partial charge < -0.3 is 15.2 Å². The lowest BCUT2D eigenvalue weighted by molar-refractivity contribution is -0.163. The maximum atomic E-state index is 12.4. The maximum Gasteiger partial charge on any atom is 0.303 e. The summed E-state index contributed by atoms with van der Waals surface area (Å²) < 4.78 is 5.11. The first-order valence-electron chi connectivity index (χ1n) is 8.42. The molecule has 0 bridgehead atoms. The summed E-state index contributed by atoms with van der Waals surface area (Å²) in [5.41, 5.74) is -1.26. The molecule has 1 aromatic rings. The van der Waals surface area contributed by atoms with Crippen molar-refractivity contribution in [3.8, 4) is 0 Å². The second-order valence-electron chi connectivity index (χ2n) is 7.15. The Morgan fingerprint density at radius 3 is 2.50 bits per heavy atom. The number of carbonyl (C=O) groups is 2. The largest absolute Gasteiger partial charge is 0.450 e. The minimum absolute atomic E-state index is 0.0836. The summed E-state index contributed by atoms with van der Waals surface area (Å²) in [6.45, 7) is 6.79. The number of nitrogens with one attached hydrogen (secondary N) is 1. The van der Waals surface area contributed by atoms with Gasteiger partial charge in [0.1, 0.15) is 0 Å². The Bertz CT molecular complexity index is 600. The molecule has 1 aromatic heterocycles. The predicted octanol–water partition coefficient (Wildman–Crippen LogP) is 3.07. The van der Waals surface area contributed by atoms with Crippen LogP contribution in [0.25, 0.3) is 0 Å². The molecule has 1 fully saturated rings. The van der Waals surface area contributed by atoms with Crippen molar-refractivity contribution in [1.29, 1.82) is 0 Å². The molecule has 2 rings (SSSR count). The van der Waals surface area contributed by atoms with E-state index in [2.05, 4.69) is 11.4 Å². The van der Waals surface area contributed by atoms with Gasteiger partial charge in [-0.05, 0) is 45.7 Å². The van der Waals surface area contributed by atoms with Crippen LogP contribution in [0.4, 0.5) is 0 Å². The quantitative estimate of drug-likeness (QED) is 0.771. The van der Waals surface area contributed by atoms with Crippen LogP contribution in [0.1, 0.15) is 69.2 Å². The molecular formula is C18H27NO4S. The van der Waals surface area contributed by atoms with E-state index in [0.29, 0.717) is 6.54 Å². The number of esters is 1. The molecule has 1 amide bonds. The first-order valence-corrected chi connectivity index (χ1v) is 9.24. The highest BCUT2D eigenvalue weighted by atomic mass is 32.1. The number of carbonyl (C=O) groups excluding carboxylic acids is 2. The summed E-state index contributed by atoms with van der Waals surface area (Å²) in [5, 5.41) is 12.7. The molecule has 1 saturated carbocycles. The molecule has 134 valence electrons. The molecular weight excluding hydrogens is 326 g/mol. The fraction of sp³-hybridized carbons (Fsp3) is 0.667. The zero-order chi connectivity index (χ0) is 18.0. The van der Waals surface area contributed by atoms with Gasteiger partial charge in [-0.25, -0.2) is 0 Å². The van der Waals surface area contributed by atoms with Crippen molar-refractivity contribution in [2.24, 2.45) is 0 Å². The molecule has 0 spiro atoms. The Labute approximate surface area is 147 Å². The van der Waals surface area contributed by atoms with Crippen LogP contribution in [-0.2, 0) is 19.7 Å². The third-order valence-corrected chi connectivity index (χ3v) is 6.16. The normalized spacial score (nSPS) is 18.2. The van der Waals surface area contributed by atoms with Crippen LogP contribution in [0.5, 0.6) is 0 Å². The summed E-state index contributed by atoms with van der Waals surface area (Å²) in [6.07, 6.45) is 3.82. The second kappa shape index (κ2) is 7.23. The van der Waals surface area contributed by atoms with Crippen LogP contribution in [0.3, 0.4) is 0 Å². The fourth-order valence-corrected chi connectivity index (χ4v) is 4.48. The molecule has 0 aliphatic heterocycles. The average Bonchev–Trinajstić information content (AvgIpc) is 3.13. The van der Waals surface area contributed by atoms with Gasteiger partial charge in [-0.2, -0.15) is 0 Å². The highest BCUT2D eigenvalue weighted by Gasteiger charge is 2.39. The lowest BCUT2D eigenvalue weighted by atomic mass is 9.84. The van der Waals surface area contributed by atoms with Crippen molar-refractivity contribution >= 4 is 23.2 Å². The monoisotopic (exact) mass is 353 g/mol. The molecule has 5 nitrogen and oxygen atoms in total. The van der Waals surface area contributed by atoms with E-state index < -0.39 is 17.7 Å².